The summed E-state index contributed by atoms with van der Waals surface area (Å²) in [5.41, 5.74) is -0.328. The zero-order valence-corrected chi connectivity index (χ0v) is 10.0. The van der Waals surface area contributed by atoms with Crippen molar-refractivity contribution in [2.24, 2.45) is 0 Å². The molecule has 0 aromatic carbocycles. The number of rotatable bonds is 6. The molecule has 0 aliphatic rings. The SMILES string of the molecule is CC(O)CCCNc1ncnc(Cl)c1[N+](=O)[O-]. The summed E-state index contributed by atoms with van der Waals surface area (Å²) >= 11 is 5.61. The lowest BCUT2D eigenvalue weighted by molar-refractivity contribution is -0.384. The van der Waals surface area contributed by atoms with Gasteiger partial charge in [0.2, 0.25) is 11.0 Å². The molecule has 0 spiro atoms. The number of hydrogen-bond donors (Lipinski definition) is 2. The van der Waals surface area contributed by atoms with Gasteiger partial charge in [0.15, 0.2) is 0 Å². The van der Waals surface area contributed by atoms with E-state index in [1.807, 2.05) is 0 Å². The Labute approximate surface area is 103 Å². The van der Waals surface area contributed by atoms with Crippen molar-refractivity contribution in [3.8, 4) is 0 Å². The van der Waals surface area contributed by atoms with Gasteiger partial charge in [-0.1, -0.05) is 11.6 Å². The fourth-order valence-corrected chi connectivity index (χ4v) is 1.45. The number of nitro groups is 1. The zero-order valence-electron chi connectivity index (χ0n) is 9.26. The second-order valence-corrected chi connectivity index (χ2v) is 3.89. The van der Waals surface area contributed by atoms with E-state index in [0.717, 1.165) is 6.33 Å². The first-order valence-corrected chi connectivity index (χ1v) is 5.47. The summed E-state index contributed by atoms with van der Waals surface area (Å²) in [7, 11) is 0. The standard InChI is InChI=1S/C9H13ClN4O3/c1-6(15)3-2-4-11-9-7(14(16)17)8(10)12-5-13-9/h5-6,15H,2-4H2,1H3,(H,11,12,13). The van der Waals surface area contributed by atoms with E-state index in [1.54, 1.807) is 6.92 Å². The fraction of sp³-hybridized carbons (Fsp3) is 0.556. The number of hydrogen-bond acceptors (Lipinski definition) is 6. The lowest BCUT2D eigenvalue weighted by Gasteiger charge is -2.07. The molecule has 1 atom stereocenters. The molecule has 0 amide bonds. The topological polar surface area (TPSA) is 101 Å². The van der Waals surface area contributed by atoms with Crippen LogP contribution in [0.3, 0.4) is 0 Å². The van der Waals surface area contributed by atoms with Crippen molar-refractivity contribution in [2.45, 2.75) is 25.9 Å². The molecule has 0 aliphatic heterocycles. The average Bonchev–Trinajstić information content (AvgIpc) is 2.23. The van der Waals surface area contributed by atoms with Crippen molar-refractivity contribution < 1.29 is 10.0 Å². The van der Waals surface area contributed by atoms with Gasteiger partial charge in [-0.05, 0) is 19.8 Å². The normalized spacial score (nSPS) is 12.2. The fourth-order valence-electron chi connectivity index (χ4n) is 1.25. The van der Waals surface area contributed by atoms with Crippen LogP contribution in [0.4, 0.5) is 11.5 Å². The van der Waals surface area contributed by atoms with E-state index in [0.29, 0.717) is 19.4 Å². The second kappa shape index (κ2) is 6.31. The van der Waals surface area contributed by atoms with Gasteiger partial charge in [0, 0.05) is 6.54 Å². The molecule has 7 nitrogen and oxygen atoms in total. The zero-order chi connectivity index (χ0) is 12.8. The minimum Gasteiger partial charge on any atom is -0.393 e. The Morgan fingerprint density at radius 1 is 1.65 bits per heavy atom. The van der Waals surface area contributed by atoms with Crippen LogP contribution in [0.25, 0.3) is 0 Å². The molecular weight excluding hydrogens is 248 g/mol. The first-order valence-electron chi connectivity index (χ1n) is 5.09. The van der Waals surface area contributed by atoms with Gasteiger partial charge < -0.3 is 10.4 Å². The highest BCUT2D eigenvalue weighted by molar-refractivity contribution is 6.31. The van der Waals surface area contributed by atoms with Crippen molar-refractivity contribution in [1.82, 2.24) is 9.97 Å². The van der Waals surface area contributed by atoms with Crippen LogP contribution in [0.5, 0.6) is 0 Å². The van der Waals surface area contributed by atoms with E-state index >= 15 is 0 Å². The quantitative estimate of drug-likeness (QED) is 0.349. The monoisotopic (exact) mass is 260 g/mol. The van der Waals surface area contributed by atoms with E-state index in [4.69, 9.17) is 16.7 Å². The van der Waals surface area contributed by atoms with Crippen molar-refractivity contribution >= 4 is 23.1 Å². The van der Waals surface area contributed by atoms with Gasteiger partial charge in [0.1, 0.15) is 6.33 Å². The molecule has 1 aromatic heterocycles. The second-order valence-electron chi connectivity index (χ2n) is 3.54. The third-order valence-corrected chi connectivity index (χ3v) is 2.33. The Balaban J connectivity index is 2.64. The predicted octanol–water partition coefficient (Wildman–Crippen LogP) is 1.61. The molecule has 1 aromatic rings. The van der Waals surface area contributed by atoms with Gasteiger partial charge in [-0.25, -0.2) is 9.97 Å². The van der Waals surface area contributed by atoms with Crippen LogP contribution < -0.4 is 5.32 Å². The van der Waals surface area contributed by atoms with Gasteiger partial charge >= 0.3 is 5.69 Å². The molecule has 0 saturated carbocycles. The molecule has 8 heteroatoms. The van der Waals surface area contributed by atoms with Crippen LogP contribution in [-0.4, -0.2) is 32.6 Å². The number of aliphatic hydroxyl groups is 1. The summed E-state index contributed by atoms with van der Waals surface area (Å²) in [4.78, 5) is 17.4. The molecule has 0 radical (unpaired) electrons. The number of aromatic nitrogens is 2. The Kier molecular flexibility index (Phi) is 5.05. The summed E-state index contributed by atoms with van der Waals surface area (Å²) in [6, 6.07) is 0. The number of anilines is 1. The maximum Gasteiger partial charge on any atom is 0.348 e. The van der Waals surface area contributed by atoms with E-state index in [9.17, 15) is 10.1 Å². The number of halogens is 1. The number of nitrogens with one attached hydrogen (secondary N) is 1. The molecule has 0 bridgehead atoms. The van der Waals surface area contributed by atoms with Gasteiger partial charge in [0.25, 0.3) is 0 Å². The summed E-state index contributed by atoms with van der Waals surface area (Å²) in [6.45, 7) is 2.16. The minimum absolute atomic E-state index is 0.0978. The Bertz CT molecular complexity index is 400. The van der Waals surface area contributed by atoms with Crippen LogP contribution in [0, 0.1) is 10.1 Å². The lowest BCUT2D eigenvalue weighted by Crippen LogP contribution is -2.09. The molecule has 2 N–H and O–H groups in total. The largest absolute Gasteiger partial charge is 0.393 e. The van der Waals surface area contributed by atoms with E-state index < -0.39 is 4.92 Å². The molecule has 0 saturated heterocycles. The first-order chi connectivity index (χ1) is 8.02. The smallest absolute Gasteiger partial charge is 0.348 e. The summed E-state index contributed by atoms with van der Waals surface area (Å²) in [5, 5.41) is 22.4. The van der Waals surface area contributed by atoms with E-state index in [1.165, 1.54) is 0 Å². The highest BCUT2D eigenvalue weighted by Gasteiger charge is 2.20. The van der Waals surface area contributed by atoms with Crippen LogP contribution >= 0.6 is 11.6 Å². The minimum atomic E-state index is -0.626. The van der Waals surface area contributed by atoms with E-state index in [-0.39, 0.29) is 22.8 Å². The maximum absolute atomic E-state index is 10.7. The molecule has 0 aliphatic carbocycles. The molecular formula is C9H13ClN4O3. The lowest BCUT2D eigenvalue weighted by atomic mass is 10.2. The molecule has 17 heavy (non-hydrogen) atoms. The van der Waals surface area contributed by atoms with Gasteiger partial charge in [-0.15, -0.1) is 0 Å². The highest BCUT2D eigenvalue weighted by atomic mass is 35.5. The van der Waals surface area contributed by atoms with E-state index in [2.05, 4.69) is 15.3 Å². The van der Waals surface area contributed by atoms with Crippen molar-refractivity contribution in [2.75, 3.05) is 11.9 Å². The van der Waals surface area contributed by atoms with Crippen molar-refractivity contribution in [3.05, 3.63) is 21.6 Å². The van der Waals surface area contributed by atoms with Crippen molar-refractivity contribution in [1.29, 1.82) is 0 Å². The van der Waals surface area contributed by atoms with Crippen LogP contribution in [0.15, 0.2) is 6.33 Å². The Morgan fingerprint density at radius 3 is 2.94 bits per heavy atom. The first kappa shape index (κ1) is 13.6. The summed E-state index contributed by atoms with van der Waals surface area (Å²) in [6.07, 6.45) is 2.06. The van der Waals surface area contributed by atoms with Gasteiger partial charge in [0.05, 0.1) is 11.0 Å². The molecule has 1 heterocycles. The Morgan fingerprint density at radius 2 is 2.35 bits per heavy atom. The Hall–Kier alpha value is -1.47. The van der Waals surface area contributed by atoms with Crippen LogP contribution in [-0.2, 0) is 0 Å². The third-order valence-electron chi connectivity index (χ3n) is 2.05. The summed E-state index contributed by atoms with van der Waals surface area (Å²) in [5.74, 6) is 0.0978. The predicted molar refractivity (Wildman–Crippen MR) is 63.1 cm³/mol. The molecule has 0 fully saturated rings. The third kappa shape index (κ3) is 4.12. The average molecular weight is 261 g/mol. The van der Waals surface area contributed by atoms with Gasteiger partial charge in [-0.2, -0.15) is 0 Å². The number of aliphatic hydroxyl groups excluding tert-OH is 1. The summed E-state index contributed by atoms with van der Waals surface area (Å²) < 4.78 is 0. The van der Waals surface area contributed by atoms with Crippen LogP contribution in [0.2, 0.25) is 5.15 Å². The highest BCUT2D eigenvalue weighted by Crippen LogP contribution is 2.28. The molecule has 94 valence electrons. The molecule has 1 unspecified atom stereocenters. The van der Waals surface area contributed by atoms with Crippen molar-refractivity contribution in [3.63, 3.8) is 0 Å². The van der Waals surface area contributed by atoms with Crippen LogP contribution in [0.1, 0.15) is 19.8 Å². The molecule has 1 rings (SSSR count). The van der Waals surface area contributed by atoms with Gasteiger partial charge in [-0.3, -0.25) is 10.1 Å². The number of nitrogens with zero attached hydrogens (tertiary/aromatic N) is 3. The maximum atomic E-state index is 10.7.